The maximum atomic E-state index is 11.8. The molecule has 0 radical (unpaired) electrons. The van der Waals surface area contributed by atoms with Crippen molar-refractivity contribution in [3.8, 4) is 0 Å². The van der Waals surface area contributed by atoms with Crippen molar-refractivity contribution >= 4 is 6.08 Å². The molecule has 5 rings (SSSR count). The molecule has 0 aliphatic heterocycles. The number of hydrogen-bond acceptors (Lipinski definition) is 2. The van der Waals surface area contributed by atoms with E-state index in [4.69, 9.17) is 0 Å². The molecule has 2 heteroatoms. The summed E-state index contributed by atoms with van der Waals surface area (Å²) in [6.45, 7) is 4.93. The highest BCUT2D eigenvalue weighted by atomic mass is 16.3. The highest BCUT2D eigenvalue weighted by Crippen LogP contribution is 2.68. The standard InChI is InChI=1S/C27H38O2/c1-25-14-11-21(28)18-20(25)8-9-22-23(25)12-15-26(2)24(22)13-17-27(26,29)16-10-19-6-4-3-5-7-19/h3-7,10,16,20-24,28-29H,8-9,11-15,17-18H2,1-2H3/b16-10+/t20-,21-,22+,23-,24-,25-,26-,27-/m0/s1. The van der Waals surface area contributed by atoms with Gasteiger partial charge in [0.05, 0.1) is 11.7 Å². The van der Waals surface area contributed by atoms with Crippen molar-refractivity contribution in [3.05, 3.63) is 42.0 Å². The van der Waals surface area contributed by atoms with Gasteiger partial charge in [-0.25, -0.2) is 0 Å². The van der Waals surface area contributed by atoms with Gasteiger partial charge in [0.15, 0.2) is 0 Å². The fourth-order valence-electron chi connectivity index (χ4n) is 8.36. The largest absolute Gasteiger partial charge is 0.393 e. The summed E-state index contributed by atoms with van der Waals surface area (Å²) in [7, 11) is 0. The predicted molar refractivity (Wildman–Crippen MR) is 118 cm³/mol. The van der Waals surface area contributed by atoms with Crippen LogP contribution < -0.4 is 0 Å². The van der Waals surface area contributed by atoms with Gasteiger partial charge in [0.2, 0.25) is 0 Å². The summed E-state index contributed by atoms with van der Waals surface area (Å²) in [5, 5.41) is 22.0. The predicted octanol–water partition coefficient (Wildman–Crippen LogP) is 5.83. The van der Waals surface area contributed by atoms with Crippen molar-refractivity contribution in [1.82, 2.24) is 0 Å². The monoisotopic (exact) mass is 394 g/mol. The Hall–Kier alpha value is -1.12. The molecular weight excluding hydrogens is 356 g/mol. The van der Waals surface area contributed by atoms with Gasteiger partial charge < -0.3 is 10.2 Å². The van der Waals surface area contributed by atoms with Gasteiger partial charge in [0, 0.05) is 5.41 Å². The van der Waals surface area contributed by atoms with Gasteiger partial charge in [0.25, 0.3) is 0 Å². The van der Waals surface area contributed by atoms with E-state index in [-0.39, 0.29) is 11.5 Å². The third kappa shape index (κ3) is 2.97. The highest BCUT2D eigenvalue weighted by Gasteiger charge is 2.63. The smallest absolute Gasteiger partial charge is 0.0887 e. The molecule has 29 heavy (non-hydrogen) atoms. The number of rotatable bonds is 2. The van der Waals surface area contributed by atoms with Crippen LogP contribution in [0.25, 0.3) is 6.08 Å². The van der Waals surface area contributed by atoms with E-state index in [1.165, 1.54) is 31.2 Å². The Morgan fingerprint density at radius 2 is 1.66 bits per heavy atom. The molecule has 2 N–H and O–H groups in total. The summed E-state index contributed by atoms with van der Waals surface area (Å²) in [6.07, 6.45) is 14.4. The molecule has 0 unspecified atom stereocenters. The number of benzene rings is 1. The fraction of sp³-hybridized carbons (Fsp3) is 0.704. The summed E-state index contributed by atoms with van der Waals surface area (Å²) < 4.78 is 0. The quantitative estimate of drug-likeness (QED) is 0.662. The molecule has 2 nitrogen and oxygen atoms in total. The van der Waals surface area contributed by atoms with Crippen LogP contribution >= 0.6 is 0 Å². The maximum absolute atomic E-state index is 11.8. The van der Waals surface area contributed by atoms with E-state index < -0.39 is 5.60 Å². The molecule has 4 aliphatic rings. The zero-order chi connectivity index (χ0) is 20.3. The molecule has 0 heterocycles. The summed E-state index contributed by atoms with van der Waals surface area (Å²) in [6, 6.07) is 10.4. The first kappa shape index (κ1) is 19.8. The number of aliphatic hydroxyl groups excluding tert-OH is 1. The van der Waals surface area contributed by atoms with Gasteiger partial charge in [-0.1, -0.05) is 56.3 Å². The Morgan fingerprint density at radius 1 is 0.897 bits per heavy atom. The second kappa shape index (κ2) is 6.95. The fourth-order valence-corrected chi connectivity index (χ4v) is 8.36. The lowest BCUT2D eigenvalue weighted by Gasteiger charge is -2.61. The molecule has 1 aromatic rings. The second-order valence-electron chi connectivity index (χ2n) is 11.2. The van der Waals surface area contributed by atoms with Crippen LogP contribution in [-0.2, 0) is 0 Å². The second-order valence-corrected chi connectivity index (χ2v) is 11.2. The Morgan fingerprint density at radius 3 is 2.45 bits per heavy atom. The van der Waals surface area contributed by atoms with E-state index in [0.29, 0.717) is 17.3 Å². The minimum Gasteiger partial charge on any atom is -0.393 e. The Labute approximate surface area is 176 Å². The molecule has 0 bridgehead atoms. The molecule has 0 amide bonds. The molecule has 4 saturated carbocycles. The zero-order valence-corrected chi connectivity index (χ0v) is 18.2. The van der Waals surface area contributed by atoms with Crippen LogP contribution in [0.3, 0.4) is 0 Å². The van der Waals surface area contributed by atoms with Crippen molar-refractivity contribution < 1.29 is 10.2 Å². The number of hydrogen-bond donors (Lipinski definition) is 2. The first-order valence-corrected chi connectivity index (χ1v) is 12.0. The topological polar surface area (TPSA) is 40.5 Å². The Kier molecular flexibility index (Phi) is 4.75. The van der Waals surface area contributed by atoms with Crippen LogP contribution in [0.5, 0.6) is 0 Å². The average Bonchev–Trinajstić information content (AvgIpc) is 2.99. The molecule has 0 saturated heterocycles. The van der Waals surface area contributed by atoms with Crippen LogP contribution in [0, 0.1) is 34.5 Å². The van der Waals surface area contributed by atoms with Gasteiger partial charge >= 0.3 is 0 Å². The highest BCUT2D eigenvalue weighted by molar-refractivity contribution is 5.51. The molecule has 4 aliphatic carbocycles. The van der Waals surface area contributed by atoms with Crippen LogP contribution in [0.2, 0.25) is 0 Å². The van der Waals surface area contributed by atoms with Gasteiger partial charge in [-0.05, 0) is 92.4 Å². The molecule has 8 atom stereocenters. The minimum atomic E-state index is -0.682. The van der Waals surface area contributed by atoms with Crippen molar-refractivity contribution in [1.29, 1.82) is 0 Å². The Balaban J connectivity index is 1.40. The third-order valence-corrected chi connectivity index (χ3v) is 10.2. The van der Waals surface area contributed by atoms with Crippen molar-refractivity contribution in [2.24, 2.45) is 34.5 Å². The average molecular weight is 395 g/mol. The van der Waals surface area contributed by atoms with E-state index >= 15 is 0 Å². The van der Waals surface area contributed by atoms with Gasteiger partial charge in [-0.3, -0.25) is 0 Å². The lowest BCUT2D eigenvalue weighted by atomic mass is 9.44. The zero-order valence-electron chi connectivity index (χ0n) is 18.2. The van der Waals surface area contributed by atoms with Crippen LogP contribution in [0.15, 0.2) is 36.4 Å². The van der Waals surface area contributed by atoms with Crippen molar-refractivity contribution in [2.45, 2.75) is 83.3 Å². The first-order valence-electron chi connectivity index (χ1n) is 12.0. The normalized spacial score (nSPS) is 49.4. The molecule has 0 aromatic heterocycles. The van der Waals surface area contributed by atoms with E-state index in [1.807, 2.05) is 6.07 Å². The first-order chi connectivity index (χ1) is 13.9. The molecule has 158 valence electrons. The molecular formula is C27H38O2. The van der Waals surface area contributed by atoms with E-state index in [1.54, 1.807) is 0 Å². The Bertz CT molecular complexity index is 772. The van der Waals surface area contributed by atoms with Crippen LogP contribution in [0.1, 0.15) is 77.2 Å². The van der Waals surface area contributed by atoms with Gasteiger partial charge in [0.1, 0.15) is 0 Å². The molecule has 0 spiro atoms. The maximum Gasteiger partial charge on any atom is 0.0887 e. The summed E-state index contributed by atoms with van der Waals surface area (Å²) in [5.41, 5.74) is 0.898. The summed E-state index contributed by atoms with van der Waals surface area (Å²) >= 11 is 0. The van der Waals surface area contributed by atoms with Crippen LogP contribution in [-0.4, -0.2) is 21.9 Å². The van der Waals surface area contributed by atoms with Gasteiger partial charge in [-0.15, -0.1) is 0 Å². The number of aliphatic hydroxyl groups is 2. The molecule has 4 fully saturated rings. The third-order valence-electron chi connectivity index (χ3n) is 10.2. The van der Waals surface area contributed by atoms with Crippen LogP contribution in [0.4, 0.5) is 0 Å². The summed E-state index contributed by atoms with van der Waals surface area (Å²) in [5.74, 6) is 2.88. The van der Waals surface area contributed by atoms with E-state index in [2.05, 4.69) is 50.3 Å². The lowest BCUT2D eigenvalue weighted by molar-refractivity contribution is -0.146. The van der Waals surface area contributed by atoms with Crippen molar-refractivity contribution in [3.63, 3.8) is 0 Å². The SMILES string of the molecule is C[C@]12CC[C@H](O)C[C@@H]1CC[C@@H]1[C@@H]2CC[C@@]2(C)[C@H]1CC[C@@]2(O)/C=C/c1ccccc1. The van der Waals surface area contributed by atoms with Gasteiger partial charge in [-0.2, -0.15) is 0 Å². The van der Waals surface area contributed by atoms with Crippen molar-refractivity contribution in [2.75, 3.05) is 0 Å². The molecule has 1 aromatic carbocycles. The van der Waals surface area contributed by atoms with E-state index in [9.17, 15) is 10.2 Å². The number of fused-ring (bicyclic) bond motifs is 5. The van der Waals surface area contributed by atoms with E-state index in [0.717, 1.165) is 43.9 Å². The lowest BCUT2D eigenvalue weighted by Crippen LogP contribution is -2.56. The summed E-state index contributed by atoms with van der Waals surface area (Å²) in [4.78, 5) is 0. The minimum absolute atomic E-state index is 0.00315.